The Bertz CT molecular complexity index is 806. The van der Waals surface area contributed by atoms with Gasteiger partial charge in [0.15, 0.2) is 5.11 Å². The lowest BCUT2D eigenvalue weighted by Gasteiger charge is -2.11. The van der Waals surface area contributed by atoms with E-state index in [0.29, 0.717) is 30.8 Å². The predicted molar refractivity (Wildman–Crippen MR) is 110 cm³/mol. The first-order chi connectivity index (χ1) is 13.0. The normalized spacial score (nSPS) is 10.0. The molecule has 142 valence electrons. The zero-order valence-corrected chi connectivity index (χ0v) is 16.2. The first kappa shape index (κ1) is 20.4. The standard InChI is InChI=1S/C20H23N3O3S/c1-3-26-17-6-4-5-15(13-17)19(25)23-20(27)22-16-10-7-14(8-11-16)9-12-18(24)21-2/h4-8,10-11,13H,3,9,12H2,1-2H3,(H,21,24)(H2,22,23,25,27). The van der Waals surface area contributed by atoms with E-state index in [0.717, 1.165) is 11.3 Å². The second-order valence-electron chi connectivity index (χ2n) is 5.74. The monoisotopic (exact) mass is 385 g/mol. The highest BCUT2D eigenvalue weighted by Gasteiger charge is 2.09. The van der Waals surface area contributed by atoms with Crippen molar-refractivity contribution in [3.8, 4) is 5.75 Å². The number of carbonyl (C=O) groups excluding carboxylic acids is 2. The van der Waals surface area contributed by atoms with Crippen molar-refractivity contribution in [1.29, 1.82) is 0 Å². The van der Waals surface area contributed by atoms with Crippen LogP contribution in [0, 0.1) is 0 Å². The molecule has 2 aromatic carbocycles. The summed E-state index contributed by atoms with van der Waals surface area (Å²) in [5.41, 5.74) is 2.27. The number of aryl methyl sites for hydroxylation is 1. The number of rotatable bonds is 7. The number of hydrogen-bond acceptors (Lipinski definition) is 4. The molecule has 27 heavy (non-hydrogen) atoms. The zero-order chi connectivity index (χ0) is 19.6. The van der Waals surface area contributed by atoms with Gasteiger partial charge < -0.3 is 15.4 Å². The summed E-state index contributed by atoms with van der Waals surface area (Å²) in [7, 11) is 1.62. The number of ether oxygens (including phenoxy) is 1. The maximum Gasteiger partial charge on any atom is 0.257 e. The minimum atomic E-state index is -0.309. The molecule has 0 heterocycles. The van der Waals surface area contributed by atoms with Gasteiger partial charge in [0.25, 0.3) is 5.91 Å². The van der Waals surface area contributed by atoms with Crippen LogP contribution in [0.1, 0.15) is 29.3 Å². The summed E-state index contributed by atoms with van der Waals surface area (Å²) in [6.07, 6.45) is 1.11. The van der Waals surface area contributed by atoms with Gasteiger partial charge in [-0.3, -0.25) is 14.9 Å². The molecule has 2 aromatic rings. The molecular formula is C20H23N3O3S. The highest BCUT2D eigenvalue weighted by atomic mass is 32.1. The van der Waals surface area contributed by atoms with Crippen LogP contribution in [0.3, 0.4) is 0 Å². The van der Waals surface area contributed by atoms with E-state index in [4.69, 9.17) is 17.0 Å². The molecule has 0 saturated carbocycles. The molecule has 6 nitrogen and oxygen atoms in total. The van der Waals surface area contributed by atoms with E-state index in [2.05, 4.69) is 16.0 Å². The molecule has 7 heteroatoms. The Morgan fingerprint density at radius 1 is 1.11 bits per heavy atom. The Balaban J connectivity index is 1.88. The molecule has 0 aliphatic carbocycles. The van der Waals surface area contributed by atoms with Crippen LogP contribution in [0.25, 0.3) is 0 Å². The fraction of sp³-hybridized carbons (Fsp3) is 0.250. The van der Waals surface area contributed by atoms with E-state index in [9.17, 15) is 9.59 Å². The van der Waals surface area contributed by atoms with Crippen LogP contribution in [0.4, 0.5) is 5.69 Å². The van der Waals surface area contributed by atoms with E-state index in [1.807, 2.05) is 31.2 Å². The fourth-order valence-electron chi connectivity index (χ4n) is 2.37. The first-order valence-electron chi connectivity index (χ1n) is 8.66. The molecule has 0 saturated heterocycles. The van der Waals surface area contributed by atoms with Crippen molar-refractivity contribution in [2.75, 3.05) is 19.0 Å². The number of benzene rings is 2. The van der Waals surface area contributed by atoms with Crippen LogP contribution in [0.2, 0.25) is 0 Å². The maximum atomic E-state index is 12.3. The van der Waals surface area contributed by atoms with Crippen molar-refractivity contribution in [3.05, 3.63) is 59.7 Å². The van der Waals surface area contributed by atoms with E-state index < -0.39 is 0 Å². The number of nitrogens with one attached hydrogen (secondary N) is 3. The largest absolute Gasteiger partial charge is 0.494 e. The Morgan fingerprint density at radius 3 is 2.52 bits per heavy atom. The molecule has 0 aliphatic rings. The lowest BCUT2D eigenvalue weighted by atomic mass is 10.1. The van der Waals surface area contributed by atoms with E-state index in [-0.39, 0.29) is 16.9 Å². The molecule has 0 aromatic heterocycles. The van der Waals surface area contributed by atoms with Gasteiger partial charge in [-0.1, -0.05) is 18.2 Å². The van der Waals surface area contributed by atoms with Gasteiger partial charge >= 0.3 is 0 Å². The van der Waals surface area contributed by atoms with Crippen molar-refractivity contribution in [2.45, 2.75) is 19.8 Å². The summed E-state index contributed by atoms with van der Waals surface area (Å²) in [5.74, 6) is 0.335. The zero-order valence-electron chi connectivity index (χ0n) is 15.4. The van der Waals surface area contributed by atoms with E-state index >= 15 is 0 Å². The van der Waals surface area contributed by atoms with E-state index in [1.54, 1.807) is 31.3 Å². The average Bonchev–Trinajstić information content (AvgIpc) is 2.67. The van der Waals surface area contributed by atoms with Crippen LogP contribution in [-0.4, -0.2) is 30.6 Å². The Kier molecular flexibility index (Phi) is 7.76. The molecule has 2 rings (SSSR count). The molecule has 0 atom stereocenters. The Hall–Kier alpha value is -2.93. The second kappa shape index (κ2) is 10.3. The van der Waals surface area contributed by atoms with Crippen molar-refractivity contribution >= 4 is 34.8 Å². The first-order valence-corrected chi connectivity index (χ1v) is 9.07. The minimum absolute atomic E-state index is 0.00879. The molecule has 0 radical (unpaired) electrons. The molecule has 0 fully saturated rings. The molecule has 0 aliphatic heterocycles. The van der Waals surface area contributed by atoms with Crippen LogP contribution in [-0.2, 0) is 11.2 Å². The third-order valence-electron chi connectivity index (χ3n) is 3.77. The summed E-state index contributed by atoms with van der Waals surface area (Å²) in [5, 5.41) is 8.43. The summed E-state index contributed by atoms with van der Waals surface area (Å²) in [4.78, 5) is 23.6. The molecule has 0 bridgehead atoms. The van der Waals surface area contributed by atoms with Crippen molar-refractivity contribution in [2.24, 2.45) is 0 Å². The third-order valence-corrected chi connectivity index (χ3v) is 3.97. The van der Waals surface area contributed by atoms with Crippen LogP contribution < -0.4 is 20.7 Å². The SMILES string of the molecule is CCOc1cccc(C(=O)NC(=S)Nc2ccc(CCC(=O)NC)cc2)c1. The Morgan fingerprint density at radius 2 is 1.85 bits per heavy atom. The van der Waals surface area contributed by atoms with Gasteiger partial charge in [-0.25, -0.2) is 0 Å². The number of anilines is 1. The van der Waals surface area contributed by atoms with Crippen molar-refractivity contribution in [1.82, 2.24) is 10.6 Å². The van der Waals surface area contributed by atoms with Crippen LogP contribution >= 0.6 is 12.2 Å². The van der Waals surface area contributed by atoms with Gasteiger partial charge in [-0.2, -0.15) is 0 Å². The number of hydrogen-bond donors (Lipinski definition) is 3. The molecule has 0 unspecified atom stereocenters. The highest BCUT2D eigenvalue weighted by molar-refractivity contribution is 7.80. The minimum Gasteiger partial charge on any atom is -0.494 e. The van der Waals surface area contributed by atoms with E-state index in [1.165, 1.54) is 0 Å². The van der Waals surface area contributed by atoms with Gasteiger partial charge in [-0.15, -0.1) is 0 Å². The third kappa shape index (κ3) is 6.71. The summed E-state index contributed by atoms with van der Waals surface area (Å²) >= 11 is 5.20. The highest BCUT2D eigenvalue weighted by Crippen LogP contribution is 2.14. The van der Waals surface area contributed by atoms with Crippen molar-refractivity contribution < 1.29 is 14.3 Å². The number of thiocarbonyl (C=S) groups is 1. The van der Waals surface area contributed by atoms with Gasteiger partial charge in [0.2, 0.25) is 5.91 Å². The average molecular weight is 385 g/mol. The molecule has 0 spiro atoms. The summed E-state index contributed by atoms with van der Waals surface area (Å²) in [6, 6.07) is 14.5. The lowest BCUT2D eigenvalue weighted by Crippen LogP contribution is -2.34. The summed E-state index contributed by atoms with van der Waals surface area (Å²) < 4.78 is 5.40. The van der Waals surface area contributed by atoms with Gasteiger partial charge in [-0.05, 0) is 61.5 Å². The maximum absolute atomic E-state index is 12.3. The van der Waals surface area contributed by atoms with Crippen LogP contribution in [0.5, 0.6) is 5.75 Å². The van der Waals surface area contributed by atoms with Crippen LogP contribution in [0.15, 0.2) is 48.5 Å². The van der Waals surface area contributed by atoms with Gasteiger partial charge in [0, 0.05) is 24.7 Å². The number of carbonyl (C=O) groups is 2. The summed E-state index contributed by atoms with van der Waals surface area (Å²) in [6.45, 7) is 2.42. The second-order valence-corrected chi connectivity index (χ2v) is 6.15. The lowest BCUT2D eigenvalue weighted by molar-refractivity contribution is -0.120. The van der Waals surface area contributed by atoms with Crippen molar-refractivity contribution in [3.63, 3.8) is 0 Å². The molecule has 3 N–H and O–H groups in total. The van der Waals surface area contributed by atoms with Gasteiger partial charge in [0.05, 0.1) is 6.61 Å². The van der Waals surface area contributed by atoms with Gasteiger partial charge in [0.1, 0.15) is 5.75 Å². The fourth-order valence-corrected chi connectivity index (χ4v) is 2.58. The quantitative estimate of drug-likeness (QED) is 0.639. The number of amides is 2. The predicted octanol–water partition coefficient (Wildman–Crippen LogP) is 2.89. The topological polar surface area (TPSA) is 79.5 Å². The molecule has 2 amide bonds. The smallest absolute Gasteiger partial charge is 0.257 e. The molecular weight excluding hydrogens is 362 g/mol. The Labute approximate surface area is 164 Å².